The monoisotopic (exact) mass is 316 g/mol. The van der Waals surface area contributed by atoms with Crippen molar-refractivity contribution in [3.8, 4) is 11.5 Å². The van der Waals surface area contributed by atoms with Gasteiger partial charge in [-0.25, -0.2) is 4.98 Å². The van der Waals surface area contributed by atoms with Gasteiger partial charge in [-0.3, -0.25) is 14.6 Å². The highest BCUT2D eigenvalue weighted by Crippen LogP contribution is 2.13. The molecule has 2 heterocycles. The van der Waals surface area contributed by atoms with Crippen molar-refractivity contribution in [2.75, 3.05) is 13.2 Å². The van der Waals surface area contributed by atoms with E-state index in [1.807, 2.05) is 29.0 Å². The molecule has 1 amide bonds. The van der Waals surface area contributed by atoms with Crippen LogP contribution in [0.1, 0.15) is 19.8 Å². The van der Waals surface area contributed by atoms with Gasteiger partial charge in [-0.1, -0.05) is 6.07 Å². The first-order valence-electron chi connectivity index (χ1n) is 7.55. The average Bonchev–Trinajstić information content (AvgIpc) is 3.02. The zero-order valence-corrected chi connectivity index (χ0v) is 13.1. The lowest BCUT2D eigenvalue weighted by atomic mass is 10.3. The maximum Gasteiger partial charge on any atom is 0.306 e. The fourth-order valence-corrected chi connectivity index (χ4v) is 2.07. The molecule has 0 spiro atoms. The van der Waals surface area contributed by atoms with E-state index in [0.29, 0.717) is 19.7 Å². The number of hydrogen-bond donors (Lipinski definition) is 1. The Morgan fingerprint density at radius 3 is 2.83 bits per heavy atom. The van der Waals surface area contributed by atoms with Gasteiger partial charge in [0.1, 0.15) is 5.69 Å². The second kappa shape index (κ2) is 8.67. The first-order valence-corrected chi connectivity index (χ1v) is 7.55. The summed E-state index contributed by atoms with van der Waals surface area (Å²) < 4.78 is 6.71. The van der Waals surface area contributed by atoms with Crippen LogP contribution in [0.4, 0.5) is 0 Å². The summed E-state index contributed by atoms with van der Waals surface area (Å²) in [4.78, 5) is 31.4. The van der Waals surface area contributed by atoms with Crippen molar-refractivity contribution in [1.29, 1.82) is 0 Å². The van der Waals surface area contributed by atoms with Crippen molar-refractivity contribution in [1.82, 2.24) is 19.9 Å². The molecule has 2 rings (SSSR count). The Hall–Kier alpha value is -2.70. The third kappa shape index (κ3) is 5.21. The predicted molar refractivity (Wildman–Crippen MR) is 84.3 cm³/mol. The number of esters is 1. The first kappa shape index (κ1) is 16.7. The molecule has 0 saturated heterocycles. The second-order valence-corrected chi connectivity index (χ2v) is 4.81. The van der Waals surface area contributed by atoms with Crippen LogP contribution < -0.4 is 5.32 Å². The van der Waals surface area contributed by atoms with Gasteiger partial charge in [0.05, 0.1) is 13.0 Å². The number of imidazole rings is 1. The number of aromatic nitrogens is 3. The second-order valence-electron chi connectivity index (χ2n) is 4.81. The molecule has 0 aliphatic rings. The number of carbonyl (C=O) groups is 2. The lowest BCUT2D eigenvalue weighted by Gasteiger charge is -2.09. The molecule has 23 heavy (non-hydrogen) atoms. The first-order chi connectivity index (χ1) is 11.2. The number of rotatable bonds is 8. The highest BCUT2D eigenvalue weighted by molar-refractivity contribution is 5.81. The van der Waals surface area contributed by atoms with E-state index in [1.54, 1.807) is 19.3 Å². The molecule has 0 saturated carbocycles. The van der Waals surface area contributed by atoms with E-state index in [0.717, 1.165) is 11.5 Å². The SMILES string of the molecule is CCOC(=O)CCC(=O)NCCn1ccnc1-c1ccccn1. The number of nitrogens with zero attached hydrogens (tertiary/aromatic N) is 3. The van der Waals surface area contributed by atoms with Gasteiger partial charge in [0.25, 0.3) is 0 Å². The van der Waals surface area contributed by atoms with Crippen LogP contribution in [-0.2, 0) is 20.9 Å². The van der Waals surface area contributed by atoms with Crippen molar-refractivity contribution in [2.24, 2.45) is 0 Å². The van der Waals surface area contributed by atoms with Crippen LogP contribution in [0.2, 0.25) is 0 Å². The number of amides is 1. The Balaban J connectivity index is 1.78. The van der Waals surface area contributed by atoms with E-state index in [4.69, 9.17) is 4.74 Å². The predicted octanol–water partition coefficient (Wildman–Crippen LogP) is 1.40. The maximum atomic E-state index is 11.7. The molecule has 1 N–H and O–H groups in total. The van der Waals surface area contributed by atoms with Crippen LogP contribution in [0, 0.1) is 0 Å². The summed E-state index contributed by atoms with van der Waals surface area (Å²) >= 11 is 0. The summed E-state index contributed by atoms with van der Waals surface area (Å²) in [6.07, 6.45) is 5.49. The smallest absolute Gasteiger partial charge is 0.306 e. The van der Waals surface area contributed by atoms with Gasteiger partial charge in [0, 0.05) is 38.1 Å². The molecule has 122 valence electrons. The molecule has 0 aliphatic heterocycles. The average molecular weight is 316 g/mol. The molecule has 2 aromatic heterocycles. The fourth-order valence-electron chi connectivity index (χ4n) is 2.07. The Labute approximate surface area is 134 Å². The van der Waals surface area contributed by atoms with Crippen LogP contribution >= 0.6 is 0 Å². The summed E-state index contributed by atoms with van der Waals surface area (Å²) in [6.45, 7) is 3.11. The Morgan fingerprint density at radius 1 is 1.22 bits per heavy atom. The van der Waals surface area contributed by atoms with E-state index in [-0.39, 0.29) is 24.7 Å². The Kier molecular flexibility index (Phi) is 6.28. The van der Waals surface area contributed by atoms with Crippen LogP contribution in [0.25, 0.3) is 11.5 Å². The number of ether oxygens (including phenoxy) is 1. The minimum absolute atomic E-state index is 0.101. The zero-order valence-electron chi connectivity index (χ0n) is 13.1. The largest absolute Gasteiger partial charge is 0.466 e. The summed E-state index contributed by atoms with van der Waals surface area (Å²) in [5.74, 6) is 0.235. The molecule has 0 aliphatic carbocycles. The normalized spacial score (nSPS) is 10.3. The highest BCUT2D eigenvalue weighted by Gasteiger charge is 2.09. The lowest BCUT2D eigenvalue weighted by Crippen LogP contribution is -2.27. The van der Waals surface area contributed by atoms with Gasteiger partial charge < -0.3 is 14.6 Å². The summed E-state index contributed by atoms with van der Waals surface area (Å²) in [5, 5.41) is 2.78. The topological polar surface area (TPSA) is 86.1 Å². The van der Waals surface area contributed by atoms with E-state index >= 15 is 0 Å². The van der Waals surface area contributed by atoms with Crippen molar-refractivity contribution >= 4 is 11.9 Å². The molecule has 0 radical (unpaired) electrons. The molecule has 7 heteroatoms. The van der Waals surface area contributed by atoms with Gasteiger partial charge in [0.15, 0.2) is 5.82 Å². The number of nitrogens with one attached hydrogen (secondary N) is 1. The van der Waals surface area contributed by atoms with Crippen LogP contribution in [0.5, 0.6) is 0 Å². The molecule has 0 aromatic carbocycles. The van der Waals surface area contributed by atoms with Crippen LogP contribution in [0.3, 0.4) is 0 Å². The third-order valence-corrected chi connectivity index (χ3v) is 3.15. The van der Waals surface area contributed by atoms with Crippen LogP contribution in [0.15, 0.2) is 36.8 Å². The molecule has 0 unspecified atom stereocenters. The molecule has 0 fully saturated rings. The van der Waals surface area contributed by atoms with E-state index < -0.39 is 0 Å². The van der Waals surface area contributed by atoms with Gasteiger partial charge in [-0.15, -0.1) is 0 Å². The summed E-state index contributed by atoms with van der Waals surface area (Å²) in [7, 11) is 0. The van der Waals surface area contributed by atoms with Gasteiger partial charge >= 0.3 is 5.97 Å². The fraction of sp³-hybridized carbons (Fsp3) is 0.375. The Morgan fingerprint density at radius 2 is 2.09 bits per heavy atom. The quantitative estimate of drug-likeness (QED) is 0.744. The number of carbonyl (C=O) groups excluding carboxylic acids is 2. The van der Waals surface area contributed by atoms with Gasteiger partial charge in [-0.05, 0) is 19.1 Å². The minimum atomic E-state index is -0.352. The summed E-state index contributed by atoms with van der Waals surface area (Å²) in [6, 6.07) is 5.63. The zero-order chi connectivity index (χ0) is 16.5. The van der Waals surface area contributed by atoms with Gasteiger partial charge in [0.2, 0.25) is 5.91 Å². The lowest BCUT2D eigenvalue weighted by molar-refractivity contribution is -0.144. The van der Waals surface area contributed by atoms with E-state index in [1.165, 1.54) is 0 Å². The van der Waals surface area contributed by atoms with Crippen LogP contribution in [-0.4, -0.2) is 39.6 Å². The molecule has 0 bridgehead atoms. The minimum Gasteiger partial charge on any atom is -0.466 e. The Bertz CT molecular complexity index is 640. The highest BCUT2D eigenvalue weighted by atomic mass is 16.5. The van der Waals surface area contributed by atoms with E-state index in [2.05, 4.69) is 15.3 Å². The third-order valence-electron chi connectivity index (χ3n) is 3.15. The molecule has 7 nitrogen and oxygen atoms in total. The van der Waals surface area contributed by atoms with Crippen molar-refractivity contribution in [3.05, 3.63) is 36.8 Å². The molecular formula is C16H20N4O3. The standard InChI is InChI=1S/C16H20N4O3/c1-2-23-15(22)7-6-14(21)18-9-11-20-12-10-19-16(20)13-5-3-4-8-17-13/h3-5,8,10,12H,2,6-7,9,11H2,1H3,(H,18,21). The number of hydrogen-bond acceptors (Lipinski definition) is 5. The molecule has 0 atom stereocenters. The van der Waals surface area contributed by atoms with Gasteiger partial charge in [-0.2, -0.15) is 0 Å². The number of pyridine rings is 1. The van der Waals surface area contributed by atoms with Crippen molar-refractivity contribution in [2.45, 2.75) is 26.3 Å². The van der Waals surface area contributed by atoms with E-state index in [9.17, 15) is 9.59 Å². The van der Waals surface area contributed by atoms with Crippen molar-refractivity contribution < 1.29 is 14.3 Å². The molecule has 2 aromatic rings. The maximum absolute atomic E-state index is 11.7. The van der Waals surface area contributed by atoms with Crippen molar-refractivity contribution in [3.63, 3.8) is 0 Å². The molecular weight excluding hydrogens is 296 g/mol. The summed E-state index contributed by atoms with van der Waals surface area (Å²) in [5.41, 5.74) is 0.783.